The molecule has 31 heavy (non-hydrogen) atoms. The average molecular weight is 426 g/mol. The first kappa shape index (κ1) is 21.2. The van der Waals surface area contributed by atoms with Crippen molar-refractivity contribution in [1.82, 2.24) is 0 Å². The van der Waals surface area contributed by atoms with Gasteiger partial charge in [0, 0.05) is 5.56 Å². The molecule has 0 aromatic heterocycles. The van der Waals surface area contributed by atoms with Crippen molar-refractivity contribution in [2.45, 2.75) is 51.6 Å². The van der Waals surface area contributed by atoms with Crippen LogP contribution < -0.4 is 24.4 Å². The molecule has 2 amide bonds. The van der Waals surface area contributed by atoms with Crippen LogP contribution in [0.15, 0.2) is 42.5 Å². The van der Waals surface area contributed by atoms with E-state index in [9.17, 15) is 9.59 Å². The molecule has 1 fully saturated rings. The van der Waals surface area contributed by atoms with Crippen LogP contribution in [0.5, 0.6) is 17.2 Å². The summed E-state index contributed by atoms with van der Waals surface area (Å²) in [5.74, 6) is 1.85. The number of nitrogens with zero attached hydrogens (tertiary/aromatic N) is 1. The van der Waals surface area contributed by atoms with Gasteiger partial charge in [0.15, 0.2) is 17.5 Å². The van der Waals surface area contributed by atoms with Gasteiger partial charge in [0.2, 0.25) is 12.7 Å². The molecule has 0 aliphatic carbocycles. The first-order valence-electron chi connectivity index (χ1n) is 11.0. The van der Waals surface area contributed by atoms with E-state index in [0.29, 0.717) is 24.6 Å². The van der Waals surface area contributed by atoms with Crippen molar-refractivity contribution in [2.24, 2.45) is 0 Å². The van der Waals surface area contributed by atoms with Crippen molar-refractivity contribution in [1.29, 1.82) is 0 Å². The maximum Gasteiger partial charge on any atom is 0.292 e. The van der Waals surface area contributed by atoms with Crippen LogP contribution in [-0.4, -0.2) is 31.3 Å². The predicted molar refractivity (Wildman–Crippen MR) is 115 cm³/mol. The minimum Gasteiger partial charge on any atom is -0.494 e. The normalized spacial score (nSPS) is 17.5. The van der Waals surface area contributed by atoms with E-state index >= 15 is 0 Å². The molecule has 0 saturated carbocycles. The number of anilines is 1. The van der Waals surface area contributed by atoms with E-state index in [1.807, 2.05) is 35.6 Å². The molecular weight excluding hydrogens is 396 g/mol. The molecule has 0 radical (unpaired) electrons. The lowest BCUT2D eigenvalue weighted by Crippen LogP contribution is -2.90. The van der Waals surface area contributed by atoms with Crippen LogP contribution in [-0.2, 0) is 16.1 Å². The molecule has 2 N–H and O–H groups in total. The summed E-state index contributed by atoms with van der Waals surface area (Å²) in [6, 6.07) is 12.5. The highest BCUT2D eigenvalue weighted by atomic mass is 16.7. The predicted octanol–water partition coefficient (Wildman–Crippen LogP) is 2.77. The molecule has 2 aromatic carbocycles. The Morgan fingerprint density at radius 3 is 2.65 bits per heavy atom. The fraction of sp³-hybridized carbons (Fsp3) is 0.417. The van der Waals surface area contributed by atoms with Gasteiger partial charge in [-0.25, -0.2) is 4.90 Å². The Balaban J connectivity index is 1.31. The smallest absolute Gasteiger partial charge is 0.292 e. The molecule has 0 bridgehead atoms. The van der Waals surface area contributed by atoms with Crippen LogP contribution in [0.25, 0.3) is 0 Å². The molecule has 2 heterocycles. The summed E-state index contributed by atoms with van der Waals surface area (Å²) in [7, 11) is 0. The molecule has 0 unspecified atom stereocenters. The van der Waals surface area contributed by atoms with Gasteiger partial charge in [0.1, 0.15) is 12.3 Å². The van der Waals surface area contributed by atoms with Crippen LogP contribution in [0.1, 0.15) is 44.6 Å². The van der Waals surface area contributed by atoms with Gasteiger partial charge in [-0.05, 0) is 48.9 Å². The van der Waals surface area contributed by atoms with Gasteiger partial charge in [0.05, 0.1) is 18.7 Å². The van der Waals surface area contributed by atoms with Gasteiger partial charge >= 0.3 is 0 Å². The fourth-order valence-electron chi connectivity index (χ4n) is 3.87. The third kappa shape index (κ3) is 4.99. The highest BCUT2D eigenvalue weighted by Crippen LogP contribution is 2.32. The van der Waals surface area contributed by atoms with Gasteiger partial charge < -0.3 is 19.5 Å². The zero-order valence-corrected chi connectivity index (χ0v) is 17.8. The zero-order chi connectivity index (χ0) is 21.6. The van der Waals surface area contributed by atoms with Crippen LogP contribution >= 0.6 is 0 Å². The van der Waals surface area contributed by atoms with Gasteiger partial charge in [0.25, 0.3) is 5.91 Å². The molecule has 4 rings (SSSR count). The Labute approximate surface area is 182 Å². The van der Waals surface area contributed by atoms with Gasteiger partial charge in [-0.2, -0.15) is 0 Å². The Morgan fingerprint density at radius 2 is 1.84 bits per heavy atom. The Hall–Kier alpha value is -3.06. The number of benzene rings is 2. The van der Waals surface area contributed by atoms with Crippen molar-refractivity contribution in [2.75, 3.05) is 18.3 Å². The second kappa shape index (κ2) is 9.83. The van der Waals surface area contributed by atoms with Gasteiger partial charge in [-0.15, -0.1) is 0 Å². The quantitative estimate of drug-likeness (QED) is 0.468. The second-order valence-electron chi connectivity index (χ2n) is 7.91. The monoisotopic (exact) mass is 425 g/mol. The number of rotatable bonds is 10. The minimum absolute atomic E-state index is 0.176. The van der Waals surface area contributed by atoms with Crippen molar-refractivity contribution >= 4 is 17.5 Å². The van der Waals surface area contributed by atoms with E-state index in [2.05, 4.69) is 6.92 Å². The first-order chi connectivity index (χ1) is 15.2. The lowest BCUT2D eigenvalue weighted by Gasteiger charge is -2.15. The first-order valence-corrected chi connectivity index (χ1v) is 11.0. The Bertz CT molecular complexity index is 928. The van der Waals surface area contributed by atoms with E-state index < -0.39 is 6.04 Å². The molecule has 0 spiro atoms. The molecule has 2 aliphatic rings. The number of ether oxygens (including phenoxy) is 3. The van der Waals surface area contributed by atoms with E-state index in [0.717, 1.165) is 29.9 Å². The summed E-state index contributed by atoms with van der Waals surface area (Å²) in [4.78, 5) is 26.7. The molecule has 7 nitrogen and oxygen atoms in total. The Kier molecular flexibility index (Phi) is 6.72. The van der Waals surface area contributed by atoms with Crippen LogP contribution in [0, 0.1) is 0 Å². The van der Waals surface area contributed by atoms with Crippen molar-refractivity contribution in [3.05, 3.63) is 48.0 Å². The summed E-state index contributed by atoms with van der Waals surface area (Å²) >= 11 is 0. The van der Waals surface area contributed by atoms with Gasteiger partial charge in [-0.1, -0.05) is 26.2 Å². The van der Waals surface area contributed by atoms with Gasteiger partial charge in [-0.3, -0.25) is 9.59 Å². The van der Waals surface area contributed by atoms with Crippen LogP contribution in [0.4, 0.5) is 5.69 Å². The number of hydrogen-bond donors (Lipinski definition) is 1. The largest absolute Gasteiger partial charge is 0.494 e. The van der Waals surface area contributed by atoms with E-state index in [1.54, 1.807) is 12.1 Å². The van der Waals surface area contributed by atoms with E-state index in [4.69, 9.17) is 14.2 Å². The number of nitrogens with two attached hydrogens (primary N) is 1. The van der Waals surface area contributed by atoms with Crippen molar-refractivity contribution < 1.29 is 29.1 Å². The summed E-state index contributed by atoms with van der Waals surface area (Å²) < 4.78 is 16.5. The Morgan fingerprint density at radius 1 is 1.03 bits per heavy atom. The topological polar surface area (TPSA) is 81.7 Å². The van der Waals surface area contributed by atoms with E-state index in [-0.39, 0.29) is 25.0 Å². The standard InChI is InChI=1S/C24H28N2O5/c1-2-3-4-5-12-29-19-9-7-18(8-10-19)26-23(27)14-20(24(26)28)25-15-17-6-11-21-22(13-17)31-16-30-21/h6-11,13,20,25H,2-5,12,14-16H2,1H3/p+1/t20-/m1/s1. The number of carbonyl (C=O) groups is 2. The average Bonchev–Trinajstić information content (AvgIpc) is 3.36. The number of fused-ring (bicyclic) bond motifs is 1. The summed E-state index contributed by atoms with van der Waals surface area (Å²) in [5, 5.41) is 1.91. The van der Waals surface area contributed by atoms with Crippen LogP contribution in [0.2, 0.25) is 0 Å². The SMILES string of the molecule is CCCCCCOc1ccc(N2C(=O)C[C@@H]([NH2+]Cc3ccc4c(c3)OCO4)C2=O)cc1. The molecule has 1 saturated heterocycles. The summed E-state index contributed by atoms with van der Waals surface area (Å²) in [6.07, 6.45) is 4.80. The molecular formula is C24H29N2O5+. The fourth-order valence-corrected chi connectivity index (χ4v) is 3.87. The van der Waals surface area contributed by atoms with Crippen LogP contribution in [0.3, 0.4) is 0 Å². The lowest BCUT2D eigenvalue weighted by molar-refractivity contribution is -0.690. The molecule has 7 heteroatoms. The maximum absolute atomic E-state index is 12.9. The van der Waals surface area contributed by atoms with E-state index in [1.165, 1.54) is 17.7 Å². The molecule has 1 atom stereocenters. The zero-order valence-electron chi connectivity index (χ0n) is 17.8. The molecule has 164 valence electrons. The summed E-state index contributed by atoms with van der Waals surface area (Å²) in [6.45, 7) is 3.67. The minimum atomic E-state index is -0.424. The maximum atomic E-state index is 12.9. The second-order valence-corrected chi connectivity index (χ2v) is 7.91. The number of unbranched alkanes of at least 4 members (excludes halogenated alkanes) is 3. The molecule has 2 aromatic rings. The van der Waals surface area contributed by atoms with Crippen molar-refractivity contribution in [3.8, 4) is 17.2 Å². The number of hydrogen-bond acceptors (Lipinski definition) is 5. The highest BCUT2D eigenvalue weighted by molar-refractivity contribution is 6.21. The number of imide groups is 1. The summed E-state index contributed by atoms with van der Waals surface area (Å²) in [5.41, 5.74) is 1.61. The highest BCUT2D eigenvalue weighted by Gasteiger charge is 2.42. The number of amides is 2. The number of quaternary nitrogens is 1. The number of carbonyl (C=O) groups excluding carboxylic acids is 2. The third-order valence-corrected chi connectivity index (χ3v) is 5.62. The molecule has 2 aliphatic heterocycles. The third-order valence-electron chi connectivity index (χ3n) is 5.62. The lowest BCUT2D eigenvalue weighted by atomic mass is 10.1. The van der Waals surface area contributed by atoms with Crippen molar-refractivity contribution in [3.63, 3.8) is 0 Å².